The molecule has 0 unspecified atom stereocenters. The molecule has 0 aromatic heterocycles. The molecule has 1 heterocycles. The van der Waals surface area contributed by atoms with Crippen molar-refractivity contribution in [3.05, 3.63) is 70.2 Å². The Bertz CT molecular complexity index is 859. The number of hydrogen-bond donors (Lipinski definition) is 0. The van der Waals surface area contributed by atoms with Crippen molar-refractivity contribution >= 4 is 29.4 Å². The molecule has 128 valence electrons. The summed E-state index contributed by atoms with van der Waals surface area (Å²) >= 11 is 6.15. The topological polar surface area (TPSA) is 65.0 Å². The summed E-state index contributed by atoms with van der Waals surface area (Å²) in [7, 11) is 0. The molecule has 6 heteroatoms. The van der Waals surface area contributed by atoms with Crippen LogP contribution in [0.1, 0.15) is 35.3 Å². The van der Waals surface area contributed by atoms with Gasteiger partial charge >= 0.3 is 11.9 Å². The lowest BCUT2D eigenvalue weighted by Crippen LogP contribution is -2.33. The van der Waals surface area contributed by atoms with Crippen molar-refractivity contribution < 1.29 is 19.1 Å². The molecular weight excluding hydrogens is 342 g/mol. The maximum atomic E-state index is 12.4. The lowest BCUT2D eigenvalue weighted by atomic mass is 10.1. The number of carbonyl (C=O) groups is 2. The SMILES string of the molecule is CC(C)(/N=C1/OC(=O)c2cccc(Cl)c21)C(=O)OCc1ccccc1. The number of esters is 2. The molecule has 2 aromatic carbocycles. The summed E-state index contributed by atoms with van der Waals surface area (Å²) < 4.78 is 10.5. The van der Waals surface area contributed by atoms with E-state index in [9.17, 15) is 9.59 Å². The number of nitrogens with zero attached hydrogens (tertiary/aromatic N) is 1. The van der Waals surface area contributed by atoms with Crippen LogP contribution in [0.5, 0.6) is 0 Å². The molecule has 0 saturated carbocycles. The molecule has 5 nitrogen and oxygen atoms in total. The lowest BCUT2D eigenvalue weighted by molar-refractivity contribution is -0.150. The number of aliphatic imine (C=N–C) groups is 1. The number of ether oxygens (including phenoxy) is 2. The second-order valence-electron chi connectivity index (χ2n) is 6.09. The van der Waals surface area contributed by atoms with E-state index < -0.39 is 17.5 Å². The Morgan fingerprint density at radius 2 is 1.88 bits per heavy atom. The quantitative estimate of drug-likeness (QED) is 0.781. The molecule has 1 aliphatic heterocycles. The van der Waals surface area contributed by atoms with Crippen molar-refractivity contribution in [1.82, 2.24) is 0 Å². The first-order valence-corrected chi connectivity index (χ1v) is 8.08. The number of halogens is 1. The van der Waals surface area contributed by atoms with Crippen molar-refractivity contribution in [2.75, 3.05) is 0 Å². The van der Waals surface area contributed by atoms with E-state index in [1.54, 1.807) is 32.0 Å². The molecule has 0 spiro atoms. The largest absolute Gasteiger partial charge is 0.459 e. The van der Waals surface area contributed by atoms with Gasteiger partial charge in [0, 0.05) is 0 Å². The summed E-state index contributed by atoms with van der Waals surface area (Å²) in [4.78, 5) is 28.6. The highest BCUT2D eigenvalue weighted by Crippen LogP contribution is 2.29. The van der Waals surface area contributed by atoms with Crippen LogP contribution < -0.4 is 0 Å². The van der Waals surface area contributed by atoms with Gasteiger partial charge in [-0.25, -0.2) is 14.6 Å². The molecule has 25 heavy (non-hydrogen) atoms. The van der Waals surface area contributed by atoms with Crippen LogP contribution in [0, 0.1) is 0 Å². The normalized spacial score (nSPS) is 15.0. The van der Waals surface area contributed by atoms with E-state index in [0.29, 0.717) is 16.1 Å². The second-order valence-corrected chi connectivity index (χ2v) is 6.50. The van der Waals surface area contributed by atoms with Gasteiger partial charge in [0.05, 0.1) is 16.1 Å². The Morgan fingerprint density at radius 1 is 1.16 bits per heavy atom. The molecular formula is C19H16ClNO4. The van der Waals surface area contributed by atoms with Gasteiger partial charge in [0.25, 0.3) is 0 Å². The van der Waals surface area contributed by atoms with Gasteiger partial charge in [-0.3, -0.25) is 0 Å². The lowest BCUT2D eigenvalue weighted by Gasteiger charge is -2.18. The Labute approximate surface area is 150 Å². The Kier molecular flexibility index (Phi) is 4.59. The number of cyclic esters (lactones) is 1. The predicted octanol–water partition coefficient (Wildman–Crippen LogP) is 3.78. The van der Waals surface area contributed by atoms with Crippen LogP contribution in [0.4, 0.5) is 0 Å². The summed E-state index contributed by atoms with van der Waals surface area (Å²) in [6.45, 7) is 3.33. The first kappa shape index (κ1) is 17.2. The first-order chi connectivity index (χ1) is 11.9. The van der Waals surface area contributed by atoms with Gasteiger partial charge in [-0.15, -0.1) is 0 Å². The number of rotatable bonds is 4. The molecule has 0 saturated heterocycles. The van der Waals surface area contributed by atoms with Crippen LogP contribution >= 0.6 is 11.6 Å². The Balaban J connectivity index is 1.80. The van der Waals surface area contributed by atoms with Gasteiger partial charge < -0.3 is 9.47 Å². The van der Waals surface area contributed by atoms with E-state index in [0.717, 1.165) is 5.56 Å². The van der Waals surface area contributed by atoms with Crippen LogP contribution in [-0.4, -0.2) is 23.4 Å². The van der Waals surface area contributed by atoms with Gasteiger partial charge in [0.2, 0.25) is 5.90 Å². The van der Waals surface area contributed by atoms with Crippen molar-refractivity contribution in [3.63, 3.8) is 0 Å². The van der Waals surface area contributed by atoms with Crippen LogP contribution in [0.2, 0.25) is 5.02 Å². The standard InChI is InChI=1S/C19H16ClNO4/c1-19(2,18(23)24-11-12-7-4-3-5-8-12)21-16-15-13(17(22)25-16)9-6-10-14(15)20/h3-10H,11H2,1-2H3/b21-16+. The molecule has 0 fully saturated rings. The highest BCUT2D eigenvalue weighted by Gasteiger charge is 2.35. The van der Waals surface area contributed by atoms with E-state index >= 15 is 0 Å². The zero-order chi connectivity index (χ0) is 18.0. The Morgan fingerprint density at radius 3 is 2.60 bits per heavy atom. The smallest absolute Gasteiger partial charge is 0.345 e. The second kappa shape index (κ2) is 6.69. The summed E-state index contributed by atoms with van der Waals surface area (Å²) in [6, 6.07) is 14.2. The highest BCUT2D eigenvalue weighted by atomic mass is 35.5. The summed E-state index contributed by atoms with van der Waals surface area (Å²) in [6.07, 6.45) is 0. The molecule has 0 amide bonds. The van der Waals surface area contributed by atoms with Crippen molar-refractivity contribution in [3.8, 4) is 0 Å². The van der Waals surface area contributed by atoms with Crippen LogP contribution in [0.15, 0.2) is 53.5 Å². The molecule has 0 bridgehead atoms. The molecule has 0 radical (unpaired) electrons. The maximum absolute atomic E-state index is 12.4. The minimum absolute atomic E-state index is 0.0345. The zero-order valence-corrected chi connectivity index (χ0v) is 14.5. The van der Waals surface area contributed by atoms with Gasteiger partial charge in [0.15, 0.2) is 5.54 Å². The average Bonchev–Trinajstić information content (AvgIpc) is 2.90. The third-order valence-corrected chi connectivity index (χ3v) is 4.05. The predicted molar refractivity (Wildman–Crippen MR) is 93.7 cm³/mol. The van der Waals surface area contributed by atoms with Gasteiger partial charge in [-0.2, -0.15) is 0 Å². The monoisotopic (exact) mass is 357 g/mol. The summed E-state index contributed by atoms with van der Waals surface area (Å²) in [5.41, 5.74) is 0.378. The molecule has 0 atom stereocenters. The van der Waals surface area contributed by atoms with Crippen LogP contribution in [-0.2, 0) is 20.9 Å². The molecule has 0 N–H and O–H groups in total. The zero-order valence-electron chi connectivity index (χ0n) is 13.8. The summed E-state index contributed by atoms with van der Waals surface area (Å²) in [5.74, 6) is -1.03. The number of benzene rings is 2. The third kappa shape index (κ3) is 3.56. The van der Waals surface area contributed by atoms with Gasteiger partial charge in [0.1, 0.15) is 6.61 Å². The van der Waals surface area contributed by atoms with Crippen molar-refractivity contribution in [2.24, 2.45) is 4.99 Å². The minimum atomic E-state index is -1.23. The van der Waals surface area contributed by atoms with Crippen molar-refractivity contribution in [1.29, 1.82) is 0 Å². The van der Waals surface area contributed by atoms with E-state index in [1.165, 1.54) is 0 Å². The average molecular weight is 358 g/mol. The minimum Gasteiger partial charge on any atom is -0.459 e. The fourth-order valence-electron chi connectivity index (χ4n) is 2.38. The highest BCUT2D eigenvalue weighted by molar-refractivity contribution is 6.36. The third-order valence-electron chi connectivity index (χ3n) is 3.73. The number of carbonyl (C=O) groups excluding carboxylic acids is 2. The first-order valence-electron chi connectivity index (χ1n) is 7.70. The number of hydrogen-bond acceptors (Lipinski definition) is 5. The summed E-state index contributed by atoms with van der Waals surface area (Å²) in [5, 5.41) is 0.343. The Hall–Kier alpha value is -2.66. The van der Waals surface area contributed by atoms with Crippen LogP contribution in [0.3, 0.4) is 0 Å². The molecule has 3 rings (SSSR count). The van der Waals surface area contributed by atoms with E-state index in [4.69, 9.17) is 21.1 Å². The fraction of sp³-hybridized carbons (Fsp3) is 0.211. The van der Waals surface area contributed by atoms with Gasteiger partial charge in [-0.05, 0) is 31.5 Å². The molecule has 0 aliphatic carbocycles. The van der Waals surface area contributed by atoms with Crippen LogP contribution in [0.25, 0.3) is 0 Å². The van der Waals surface area contributed by atoms with E-state index in [1.807, 2.05) is 30.3 Å². The van der Waals surface area contributed by atoms with E-state index in [-0.39, 0.29) is 12.5 Å². The molecule has 2 aromatic rings. The fourth-order valence-corrected chi connectivity index (χ4v) is 2.64. The van der Waals surface area contributed by atoms with E-state index in [2.05, 4.69) is 4.99 Å². The maximum Gasteiger partial charge on any atom is 0.345 e. The number of fused-ring (bicyclic) bond motifs is 1. The van der Waals surface area contributed by atoms with Gasteiger partial charge in [-0.1, -0.05) is 48.0 Å². The van der Waals surface area contributed by atoms with Crippen molar-refractivity contribution in [2.45, 2.75) is 26.0 Å². The molecule has 1 aliphatic rings.